The maximum atomic E-state index is 5.88. The van der Waals surface area contributed by atoms with Gasteiger partial charge in [-0.05, 0) is 36.4 Å². The second-order valence-electron chi connectivity index (χ2n) is 4.35. The Bertz CT molecular complexity index is 638. The van der Waals surface area contributed by atoms with Crippen LogP contribution >= 0.6 is 15.9 Å². The number of rotatable bonds is 6. The molecule has 0 aromatic heterocycles. The van der Waals surface area contributed by atoms with E-state index in [4.69, 9.17) is 14.2 Å². The summed E-state index contributed by atoms with van der Waals surface area (Å²) in [5.74, 6) is 2.34. The molecule has 0 heterocycles. The molecule has 0 N–H and O–H groups in total. The molecule has 0 aliphatic carbocycles. The van der Waals surface area contributed by atoms with Crippen molar-refractivity contribution >= 4 is 22.0 Å². The highest BCUT2D eigenvalue weighted by molar-refractivity contribution is 9.10. The van der Waals surface area contributed by atoms with Crippen LogP contribution in [-0.2, 0) is 6.61 Å². The Labute approximate surface area is 133 Å². The van der Waals surface area contributed by atoms with Gasteiger partial charge in [0.1, 0.15) is 23.9 Å². The summed E-state index contributed by atoms with van der Waals surface area (Å²) in [5.41, 5.74) is 1.91. The molecule has 0 aliphatic heterocycles. The Morgan fingerprint density at radius 2 is 1.71 bits per heavy atom. The van der Waals surface area contributed by atoms with E-state index in [2.05, 4.69) is 22.5 Å². The number of hydrogen-bond acceptors (Lipinski definition) is 3. The first-order valence-corrected chi connectivity index (χ1v) is 7.23. The third-order valence-electron chi connectivity index (χ3n) is 3.07. The monoisotopic (exact) mass is 348 g/mol. The smallest absolute Gasteiger partial charge is 0.127 e. The highest BCUT2D eigenvalue weighted by Gasteiger charge is 2.06. The summed E-state index contributed by atoms with van der Waals surface area (Å²) >= 11 is 3.52. The lowest BCUT2D eigenvalue weighted by atomic mass is 10.2. The van der Waals surface area contributed by atoms with E-state index in [0.717, 1.165) is 32.8 Å². The molecule has 0 saturated heterocycles. The first-order chi connectivity index (χ1) is 10.2. The van der Waals surface area contributed by atoms with E-state index < -0.39 is 0 Å². The highest BCUT2D eigenvalue weighted by Crippen LogP contribution is 2.28. The minimum Gasteiger partial charge on any atom is -0.497 e. The predicted molar refractivity (Wildman–Crippen MR) is 88.1 cm³/mol. The lowest BCUT2D eigenvalue weighted by molar-refractivity contribution is 0.303. The molecule has 2 aromatic rings. The molecule has 2 aromatic carbocycles. The topological polar surface area (TPSA) is 27.7 Å². The van der Waals surface area contributed by atoms with E-state index in [0.29, 0.717) is 6.61 Å². The fourth-order valence-electron chi connectivity index (χ4n) is 1.89. The zero-order chi connectivity index (χ0) is 15.2. The van der Waals surface area contributed by atoms with Crippen LogP contribution in [0.4, 0.5) is 0 Å². The van der Waals surface area contributed by atoms with Crippen LogP contribution in [0.15, 0.2) is 47.4 Å². The Kier molecular flexibility index (Phi) is 5.28. The van der Waals surface area contributed by atoms with E-state index in [1.807, 2.05) is 36.4 Å². The van der Waals surface area contributed by atoms with E-state index in [-0.39, 0.29) is 0 Å². The Morgan fingerprint density at radius 3 is 2.38 bits per heavy atom. The second kappa shape index (κ2) is 7.18. The molecule has 21 heavy (non-hydrogen) atoms. The van der Waals surface area contributed by atoms with Gasteiger partial charge in [-0.1, -0.05) is 28.6 Å². The molecule has 0 radical (unpaired) electrons. The first-order valence-electron chi connectivity index (χ1n) is 6.43. The van der Waals surface area contributed by atoms with Gasteiger partial charge in [0.05, 0.1) is 14.2 Å². The van der Waals surface area contributed by atoms with Gasteiger partial charge in [-0.2, -0.15) is 0 Å². The minimum atomic E-state index is 0.435. The zero-order valence-electron chi connectivity index (χ0n) is 12.1. The van der Waals surface area contributed by atoms with Gasteiger partial charge in [0.25, 0.3) is 0 Å². The number of methoxy groups -OCH3 is 2. The molecular weight excluding hydrogens is 332 g/mol. The van der Waals surface area contributed by atoms with Gasteiger partial charge in [0.15, 0.2) is 0 Å². The van der Waals surface area contributed by atoms with E-state index in [1.165, 1.54) is 0 Å². The molecule has 3 nitrogen and oxygen atoms in total. The van der Waals surface area contributed by atoms with E-state index >= 15 is 0 Å². The molecule has 0 bridgehead atoms. The Balaban J connectivity index is 2.18. The average molecular weight is 349 g/mol. The van der Waals surface area contributed by atoms with Crippen LogP contribution in [0.3, 0.4) is 0 Å². The normalized spacial score (nSPS) is 10.0. The molecule has 4 heteroatoms. The quantitative estimate of drug-likeness (QED) is 0.757. The van der Waals surface area contributed by atoms with E-state index in [1.54, 1.807) is 20.3 Å². The summed E-state index contributed by atoms with van der Waals surface area (Å²) in [6.45, 7) is 4.24. The summed E-state index contributed by atoms with van der Waals surface area (Å²) in [7, 11) is 3.28. The summed E-state index contributed by atoms with van der Waals surface area (Å²) < 4.78 is 17.3. The molecular formula is C17H17BrO3. The van der Waals surface area contributed by atoms with Crippen molar-refractivity contribution in [3.05, 3.63) is 58.6 Å². The maximum Gasteiger partial charge on any atom is 0.127 e. The Morgan fingerprint density at radius 1 is 1.05 bits per heavy atom. The SMILES string of the molecule is C=Cc1cc(OC)ccc1OCc1cc(OC)ccc1Br. The van der Waals surface area contributed by atoms with Crippen LogP contribution in [0.5, 0.6) is 17.2 Å². The molecule has 0 saturated carbocycles. The van der Waals surface area contributed by atoms with Crippen molar-refractivity contribution in [2.24, 2.45) is 0 Å². The van der Waals surface area contributed by atoms with Crippen molar-refractivity contribution in [3.63, 3.8) is 0 Å². The molecule has 2 rings (SSSR count). The number of ether oxygens (including phenoxy) is 3. The van der Waals surface area contributed by atoms with Gasteiger partial charge in [-0.25, -0.2) is 0 Å². The van der Waals surface area contributed by atoms with Gasteiger partial charge in [0, 0.05) is 15.6 Å². The van der Waals surface area contributed by atoms with E-state index in [9.17, 15) is 0 Å². The summed E-state index contributed by atoms with van der Waals surface area (Å²) in [4.78, 5) is 0. The van der Waals surface area contributed by atoms with Crippen LogP contribution in [-0.4, -0.2) is 14.2 Å². The molecule has 0 unspecified atom stereocenters. The first kappa shape index (κ1) is 15.4. The number of halogens is 1. The predicted octanol–water partition coefficient (Wildman–Crippen LogP) is 4.69. The van der Waals surface area contributed by atoms with Gasteiger partial charge < -0.3 is 14.2 Å². The average Bonchev–Trinajstić information content (AvgIpc) is 2.54. The van der Waals surface area contributed by atoms with Crippen molar-refractivity contribution in [3.8, 4) is 17.2 Å². The Hall–Kier alpha value is -1.94. The van der Waals surface area contributed by atoms with Crippen molar-refractivity contribution in [2.75, 3.05) is 14.2 Å². The summed E-state index contributed by atoms with van der Waals surface area (Å²) in [6, 6.07) is 11.4. The van der Waals surface area contributed by atoms with Crippen LogP contribution in [0.2, 0.25) is 0 Å². The minimum absolute atomic E-state index is 0.435. The van der Waals surface area contributed by atoms with Crippen molar-refractivity contribution in [1.82, 2.24) is 0 Å². The number of benzene rings is 2. The van der Waals surface area contributed by atoms with Crippen LogP contribution in [0, 0.1) is 0 Å². The van der Waals surface area contributed by atoms with Crippen LogP contribution in [0.25, 0.3) is 6.08 Å². The fraction of sp³-hybridized carbons (Fsp3) is 0.176. The van der Waals surface area contributed by atoms with Crippen molar-refractivity contribution in [2.45, 2.75) is 6.61 Å². The molecule has 110 valence electrons. The lowest BCUT2D eigenvalue weighted by Gasteiger charge is -2.12. The zero-order valence-corrected chi connectivity index (χ0v) is 13.6. The molecule has 0 fully saturated rings. The third-order valence-corrected chi connectivity index (χ3v) is 3.85. The largest absolute Gasteiger partial charge is 0.497 e. The van der Waals surface area contributed by atoms with Crippen LogP contribution < -0.4 is 14.2 Å². The molecule has 0 amide bonds. The highest BCUT2D eigenvalue weighted by atomic mass is 79.9. The molecule has 0 aliphatic rings. The lowest BCUT2D eigenvalue weighted by Crippen LogP contribution is -1.99. The number of hydrogen-bond donors (Lipinski definition) is 0. The molecule has 0 spiro atoms. The van der Waals surface area contributed by atoms with Crippen molar-refractivity contribution in [1.29, 1.82) is 0 Å². The van der Waals surface area contributed by atoms with Crippen molar-refractivity contribution < 1.29 is 14.2 Å². The fourth-order valence-corrected chi connectivity index (χ4v) is 2.25. The third kappa shape index (κ3) is 3.79. The summed E-state index contributed by atoms with van der Waals surface area (Å²) in [5, 5.41) is 0. The maximum absolute atomic E-state index is 5.88. The standard InChI is InChI=1S/C17H17BrO3/c1-4-12-9-15(20-3)6-8-17(12)21-11-13-10-14(19-2)5-7-16(13)18/h4-10H,1,11H2,2-3H3. The van der Waals surface area contributed by atoms with Gasteiger partial charge in [-0.3, -0.25) is 0 Å². The van der Waals surface area contributed by atoms with Gasteiger partial charge in [0.2, 0.25) is 0 Å². The summed E-state index contributed by atoms with van der Waals surface area (Å²) in [6.07, 6.45) is 1.75. The molecule has 0 atom stereocenters. The van der Waals surface area contributed by atoms with Crippen LogP contribution in [0.1, 0.15) is 11.1 Å². The second-order valence-corrected chi connectivity index (χ2v) is 5.21. The van der Waals surface area contributed by atoms with Gasteiger partial charge in [-0.15, -0.1) is 0 Å². The van der Waals surface area contributed by atoms with Gasteiger partial charge >= 0.3 is 0 Å².